The van der Waals surface area contributed by atoms with Gasteiger partial charge in [-0.1, -0.05) is 37.3 Å². The third-order valence-corrected chi connectivity index (χ3v) is 6.20. The van der Waals surface area contributed by atoms with Crippen molar-refractivity contribution in [1.82, 2.24) is 10.6 Å². The van der Waals surface area contributed by atoms with E-state index in [1.54, 1.807) is 43.3 Å². The van der Waals surface area contributed by atoms with Gasteiger partial charge >= 0.3 is 18.2 Å². The van der Waals surface area contributed by atoms with Gasteiger partial charge in [-0.2, -0.15) is 13.2 Å². The summed E-state index contributed by atoms with van der Waals surface area (Å²) in [5, 5.41) is 30.6. The molecule has 0 fully saturated rings. The number of nitrogens with one attached hydrogen (secondary N) is 4. The summed E-state index contributed by atoms with van der Waals surface area (Å²) in [6, 6.07) is 18.0. The van der Waals surface area contributed by atoms with Gasteiger partial charge in [0.2, 0.25) is 0 Å². The Hall–Kier alpha value is -4.66. The summed E-state index contributed by atoms with van der Waals surface area (Å²) in [7, 11) is 0. The molecule has 14 heteroatoms. The predicted octanol–water partition coefficient (Wildman–Crippen LogP) is 3.87. The van der Waals surface area contributed by atoms with Gasteiger partial charge in [-0.25, -0.2) is 9.59 Å². The molecular weight excluding hydrogens is 597 g/mol. The lowest BCUT2D eigenvalue weighted by Crippen LogP contribution is -2.41. The fraction of sp³-hybridized carbons (Fsp3) is 0.323. The van der Waals surface area contributed by atoms with Crippen molar-refractivity contribution in [3.63, 3.8) is 0 Å². The molecule has 0 aliphatic rings. The Labute approximate surface area is 257 Å². The number of benzene rings is 3. The van der Waals surface area contributed by atoms with Gasteiger partial charge in [0.25, 0.3) is 5.91 Å². The highest BCUT2D eigenvalue weighted by Gasteiger charge is 2.42. The zero-order chi connectivity index (χ0) is 32.8. The van der Waals surface area contributed by atoms with E-state index >= 15 is 0 Å². The van der Waals surface area contributed by atoms with Crippen LogP contribution in [0.25, 0.3) is 0 Å². The number of hydrogen-bond donors (Lipinski definition) is 6. The number of halogens is 3. The molecule has 6 N–H and O–H groups in total. The number of alkyl halides is 3. The molecule has 0 bridgehead atoms. The Kier molecular flexibility index (Phi) is 13.1. The van der Waals surface area contributed by atoms with Gasteiger partial charge in [0.05, 0.1) is 12.2 Å². The minimum absolute atomic E-state index is 0.0330. The van der Waals surface area contributed by atoms with Crippen LogP contribution < -0.4 is 30.7 Å². The number of carbonyl (C=O) groups is 3. The summed E-state index contributed by atoms with van der Waals surface area (Å²) in [5.74, 6) is -3.29. The topological polar surface area (TPSA) is 158 Å². The number of urea groups is 1. The van der Waals surface area contributed by atoms with Crippen LogP contribution in [0.3, 0.4) is 0 Å². The molecule has 0 heterocycles. The normalized spacial score (nSPS) is 12.5. The van der Waals surface area contributed by atoms with Crippen molar-refractivity contribution in [2.45, 2.75) is 38.1 Å². The second-order valence-corrected chi connectivity index (χ2v) is 9.90. The first kappa shape index (κ1) is 34.8. The molecule has 0 aromatic heterocycles. The number of amides is 3. The van der Waals surface area contributed by atoms with Gasteiger partial charge in [-0.05, 0) is 54.8 Å². The Bertz CT molecular complexity index is 1410. The highest BCUT2D eigenvalue weighted by molar-refractivity contribution is 6.02. The number of anilines is 2. The summed E-state index contributed by atoms with van der Waals surface area (Å²) >= 11 is 0. The number of esters is 1. The van der Waals surface area contributed by atoms with E-state index in [0.29, 0.717) is 24.3 Å². The highest BCUT2D eigenvalue weighted by Crippen LogP contribution is 2.27. The van der Waals surface area contributed by atoms with E-state index in [4.69, 9.17) is 4.74 Å². The molecule has 3 aromatic rings. The van der Waals surface area contributed by atoms with E-state index in [2.05, 4.69) is 26.0 Å². The SMILES string of the molecule is CCCNC(=O)c1ccc(NC(=O)Nc2ccc(C[C@@H](CO)NC[C@H](O)COc3ccccc3)cc2)cc1OC(=O)C(F)(F)F. The molecule has 242 valence electrons. The maximum atomic E-state index is 12.8. The first-order chi connectivity index (χ1) is 21.5. The van der Waals surface area contributed by atoms with Gasteiger partial charge in [0.1, 0.15) is 24.2 Å². The Morgan fingerprint density at radius 3 is 2.24 bits per heavy atom. The Morgan fingerprint density at radius 2 is 1.60 bits per heavy atom. The molecule has 3 aromatic carbocycles. The van der Waals surface area contributed by atoms with Crippen molar-refractivity contribution in [3.8, 4) is 11.5 Å². The van der Waals surface area contributed by atoms with Gasteiger partial charge in [0.15, 0.2) is 0 Å². The zero-order valence-electron chi connectivity index (χ0n) is 24.4. The van der Waals surface area contributed by atoms with Crippen LogP contribution >= 0.6 is 0 Å². The second kappa shape index (κ2) is 17.0. The van der Waals surface area contributed by atoms with E-state index < -0.39 is 35.9 Å². The molecule has 3 rings (SSSR count). The largest absolute Gasteiger partial charge is 0.491 e. The Morgan fingerprint density at radius 1 is 0.933 bits per heavy atom. The van der Waals surface area contributed by atoms with Crippen molar-refractivity contribution >= 4 is 29.3 Å². The van der Waals surface area contributed by atoms with Crippen molar-refractivity contribution in [2.75, 3.05) is 36.9 Å². The minimum atomic E-state index is -5.30. The molecule has 45 heavy (non-hydrogen) atoms. The van der Waals surface area contributed by atoms with Crippen LogP contribution in [0.1, 0.15) is 29.3 Å². The third kappa shape index (κ3) is 11.7. The molecule has 3 amide bonds. The standard InChI is InChI=1S/C31H35F3N4O7/c1-2-14-35-28(41)26-13-12-22(16-27(26)45-29(42)31(32,33)34)38-30(43)37-21-10-8-20(9-11-21)15-23(18-39)36-17-24(40)19-44-25-6-4-3-5-7-25/h3-13,16,23-24,36,39-40H,2,14-15,17-19H2,1H3,(H,35,41)(H2,37,38,43)/t23-,24-/m0/s1. The van der Waals surface area contributed by atoms with E-state index in [0.717, 1.165) is 17.7 Å². The first-order valence-corrected chi connectivity index (χ1v) is 14.1. The second-order valence-electron chi connectivity index (χ2n) is 9.90. The maximum Gasteiger partial charge on any atom is 0.491 e. The molecule has 0 aliphatic carbocycles. The van der Waals surface area contributed by atoms with Crippen LogP contribution in [-0.2, 0) is 11.2 Å². The summed E-state index contributed by atoms with van der Waals surface area (Å²) < 4.78 is 48.4. The molecule has 0 unspecified atom stereocenters. The van der Waals surface area contributed by atoms with Crippen LogP contribution in [-0.4, -0.2) is 72.7 Å². The quantitative estimate of drug-likeness (QED) is 0.109. The van der Waals surface area contributed by atoms with Gasteiger partial charge in [0, 0.05) is 36.6 Å². The molecule has 0 radical (unpaired) electrons. The highest BCUT2D eigenvalue weighted by atomic mass is 19.4. The monoisotopic (exact) mass is 632 g/mol. The van der Waals surface area contributed by atoms with Crippen molar-refractivity contribution in [1.29, 1.82) is 0 Å². The molecule has 11 nitrogen and oxygen atoms in total. The lowest BCUT2D eigenvalue weighted by atomic mass is 10.1. The van der Waals surface area contributed by atoms with E-state index in [-0.39, 0.29) is 43.6 Å². The summed E-state index contributed by atoms with van der Waals surface area (Å²) in [4.78, 5) is 36.4. The fourth-order valence-electron chi connectivity index (χ4n) is 3.94. The average Bonchev–Trinajstić information content (AvgIpc) is 3.01. The molecule has 2 atom stereocenters. The van der Waals surface area contributed by atoms with Gasteiger partial charge in [-0.3, -0.25) is 4.79 Å². The molecular formula is C31H35F3N4O7. The molecule has 0 aliphatic heterocycles. The van der Waals surface area contributed by atoms with Crippen LogP contribution in [0.5, 0.6) is 11.5 Å². The number of carbonyl (C=O) groups excluding carboxylic acids is 3. The summed E-state index contributed by atoms with van der Waals surface area (Å²) in [5.41, 5.74) is 0.871. The van der Waals surface area contributed by atoms with E-state index in [1.165, 1.54) is 6.07 Å². The number of para-hydroxylation sites is 1. The fourth-order valence-corrected chi connectivity index (χ4v) is 3.94. The minimum Gasteiger partial charge on any atom is -0.491 e. The zero-order valence-corrected chi connectivity index (χ0v) is 24.4. The van der Waals surface area contributed by atoms with E-state index in [1.807, 2.05) is 18.2 Å². The molecule has 0 saturated carbocycles. The number of aliphatic hydroxyl groups excluding tert-OH is 2. The molecule has 0 saturated heterocycles. The number of aliphatic hydroxyl groups is 2. The van der Waals surface area contributed by atoms with Crippen molar-refractivity contribution in [2.24, 2.45) is 0 Å². The molecule has 0 spiro atoms. The Balaban J connectivity index is 1.54. The van der Waals surface area contributed by atoms with Crippen molar-refractivity contribution in [3.05, 3.63) is 83.9 Å². The van der Waals surface area contributed by atoms with Crippen molar-refractivity contribution < 1.29 is 47.2 Å². The summed E-state index contributed by atoms with van der Waals surface area (Å²) in [6.07, 6.45) is -5.10. The van der Waals surface area contributed by atoms with E-state index in [9.17, 15) is 37.8 Å². The lowest BCUT2D eigenvalue weighted by Gasteiger charge is -2.19. The number of hydrogen-bond acceptors (Lipinski definition) is 8. The number of ether oxygens (including phenoxy) is 2. The predicted molar refractivity (Wildman–Crippen MR) is 160 cm³/mol. The average molecular weight is 633 g/mol. The van der Waals surface area contributed by atoms with Crippen LogP contribution in [0.4, 0.5) is 29.3 Å². The lowest BCUT2D eigenvalue weighted by molar-refractivity contribution is -0.189. The van der Waals surface area contributed by atoms with Gasteiger partial charge < -0.3 is 41.0 Å². The maximum absolute atomic E-state index is 12.8. The van der Waals surface area contributed by atoms with Crippen LogP contribution in [0, 0.1) is 0 Å². The smallest absolute Gasteiger partial charge is 0.491 e. The van der Waals surface area contributed by atoms with Crippen LogP contribution in [0.2, 0.25) is 0 Å². The van der Waals surface area contributed by atoms with Gasteiger partial charge in [-0.15, -0.1) is 0 Å². The number of rotatable bonds is 15. The summed E-state index contributed by atoms with van der Waals surface area (Å²) in [6.45, 7) is 2.12. The van der Waals surface area contributed by atoms with Crippen LogP contribution in [0.15, 0.2) is 72.8 Å². The first-order valence-electron chi connectivity index (χ1n) is 14.1. The third-order valence-electron chi connectivity index (χ3n) is 6.20.